The molecule has 0 aromatic heterocycles. The second-order valence-corrected chi connectivity index (χ2v) is 5.81. The highest BCUT2D eigenvalue weighted by molar-refractivity contribution is 5.78. The standard InChI is InChI=1S/C18H22N2O6/c1-25-17(11-15(22)12-21)20-10-9-19(8-7-16(20)23)18(24)26-13-14-5-3-2-4-6-14/h2-6,17,22H,7-11,13H2,1H3/t17-/m0/s1. The largest absolute Gasteiger partial charge is 0.502 e. The number of hydrogen-bond donors (Lipinski definition) is 1. The molecule has 1 N–H and O–H groups in total. The van der Waals surface area contributed by atoms with Gasteiger partial charge in [0.25, 0.3) is 0 Å². The van der Waals surface area contributed by atoms with Gasteiger partial charge >= 0.3 is 6.09 Å². The van der Waals surface area contributed by atoms with Crippen LogP contribution in [0.25, 0.3) is 0 Å². The van der Waals surface area contributed by atoms with E-state index in [1.54, 1.807) is 0 Å². The number of carbonyl (C=O) groups excluding carboxylic acids is 3. The van der Waals surface area contributed by atoms with Gasteiger partial charge in [0.15, 0.2) is 11.7 Å². The van der Waals surface area contributed by atoms with Crippen molar-refractivity contribution < 1.29 is 29.0 Å². The Labute approximate surface area is 151 Å². The van der Waals surface area contributed by atoms with Gasteiger partial charge in [0.2, 0.25) is 5.91 Å². The molecule has 0 spiro atoms. The van der Waals surface area contributed by atoms with Gasteiger partial charge in [0.1, 0.15) is 12.8 Å². The lowest BCUT2D eigenvalue weighted by atomic mass is 10.2. The van der Waals surface area contributed by atoms with E-state index in [9.17, 15) is 19.5 Å². The predicted octanol–water partition coefficient (Wildman–Crippen LogP) is 1.49. The Morgan fingerprint density at radius 1 is 1.27 bits per heavy atom. The molecule has 1 fully saturated rings. The van der Waals surface area contributed by atoms with E-state index >= 15 is 0 Å². The molecule has 8 nitrogen and oxygen atoms in total. The van der Waals surface area contributed by atoms with Gasteiger partial charge in [0.05, 0.1) is 6.42 Å². The third-order valence-electron chi connectivity index (χ3n) is 4.10. The maximum absolute atomic E-state index is 12.3. The minimum Gasteiger partial charge on any atom is -0.502 e. The fourth-order valence-corrected chi connectivity index (χ4v) is 2.66. The SMILES string of the molecule is CO[C@@H](CC(O)=C=O)N1CCN(C(=O)OCc2ccccc2)CCC1=O. The highest BCUT2D eigenvalue weighted by Gasteiger charge is 2.30. The van der Waals surface area contributed by atoms with Gasteiger partial charge in [-0.1, -0.05) is 30.3 Å². The molecular weight excluding hydrogens is 340 g/mol. The van der Waals surface area contributed by atoms with Crippen molar-refractivity contribution in [3.05, 3.63) is 41.7 Å². The van der Waals surface area contributed by atoms with Crippen molar-refractivity contribution in [3.63, 3.8) is 0 Å². The molecule has 1 aliphatic heterocycles. The van der Waals surface area contributed by atoms with Crippen molar-refractivity contribution in [2.45, 2.75) is 25.7 Å². The summed E-state index contributed by atoms with van der Waals surface area (Å²) >= 11 is 0. The predicted molar refractivity (Wildman–Crippen MR) is 91.8 cm³/mol. The Morgan fingerprint density at radius 3 is 2.65 bits per heavy atom. The molecule has 0 saturated carbocycles. The maximum Gasteiger partial charge on any atom is 0.410 e. The number of methoxy groups -OCH3 is 1. The van der Waals surface area contributed by atoms with Crippen molar-refractivity contribution in [1.82, 2.24) is 9.80 Å². The minimum absolute atomic E-state index is 0.103. The van der Waals surface area contributed by atoms with Crippen LogP contribution in [0.15, 0.2) is 36.1 Å². The molecular formula is C18H22N2O6. The van der Waals surface area contributed by atoms with E-state index in [1.807, 2.05) is 30.3 Å². The van der Waals surface area contributed by atoms with Crippen LogP contribution in [0, 0.1) is 0 Å². The van der Waals surface area contributed by atoms with E-state index in [0.29, 0.717) is 0 Å². The van der Waals surface area contributed by atoms with Gasteiger partial charge < -0.3 is 24.4 Å². The number of rotatable bonds is 6. The first-order chi connectivity index (χ1) is 12.5. The number of benzene rings is 1. The molecule has 1 aromatic carbocycles. The normalized spacial score (nSPS) is 15.8. The molecule has 8 heteroatoms. The molecule has 1 saturated heterocycles. The number of ether oxygens (including phenoxy) is 2. The fraction of sp³-hybridized carbons (Fsp3) is 0.444. The number of amides is 2. The third-order valence-corrected chi connectivity index (χ3v) is 4.10. The zero-order valence-electron chi connectivity index (χ0n) is 14.6. The smallest absolute Gasteiger partial charge is 0.410 e. The summed E-state index contributed by atoms with van der Waals surface area (Å²) in [4.78, 5) is 37.9. The zero-order chi connectivity index (χ0) is 18.9. The van der Waals surface area contributed by atoms with Crippen LogP contribution in [0.2, 0.25) is 0 Å². The van der Waals surface area contributed by atoms with E-state index in [1.165, 1.54) is 22.9 Å². The molecule has 0 aliphatic carbocycles. The second-order valence-electron chi connectivity index (χ2n) is 5.81. The van der Waals surface area contributed by atoms with Crippen LogP contribution in [0.1, 0.15) is 18.4 Å². The summed E-state index contributed by atoms with van der Waals surface area (Å²) in [6.45, 7) is 0.871. The Hall–Kier alpha value is -2.83. The van der Waals surface area contributed by atoms with Crippen LogP contribution in [0.5, 0.6) is 0 Å². The molecule has 2 amide bonds. The van der Waals surface area contributed by atoms with E-state index < -0.39 is 18.1 Å². The molecule has 1 aromatic rings. The zero-order valence-corrected chi connectivity index (χ0v) is 14.6. The Morgan fingerprint density at radius 2 is 2.00 bits per heavy atom. The fourth-order valence-electron chi connectivity index (χ4n) is 2.66. The average molecular weight is 362 g/mol. The van der Waals surface area contributed by atoms with Crippen LogP contribution in [0.3, 0.4) is 0 Å². The molecule has 0 unspecified atom stereocenters. The number of aliphatic hydroxyl groups excluding tert-OH is 1. The highest BCUT2D eigenvalue weighted by Crippen LogP contribution is 2.15. The summed E-state index contributed by atoms with van der Waals surface area (Å²) in [7, 11) is 1.38. The summed E-state index contributed by atoms with van der Waals surface area (Å²) < 4.78 is 10.5. The minimum atomic E-state index is -0.788. The second kappa shape index (κ2) is 9.60. The molecule has 1 heterocycles. The first-order valence-corrected chi connectivity index (χ1v) is 8.26. The van der Waals surface area contributed by atoms with E-state index in [2.05, 4.69) is 0 Å². The number of hydrogen-bond acceptors (Lipinski definition) is 6. The van der Waals surface area contributed by atoms with E-state index in [0.717, 1.165) is 5.56 Å². The van der Waals surface area contributed by atoms with Gasteiger partial charge in [-0.3, -0.25) is 4.79 Å². The molecule has 2 rings (SSSR count). The Balaban J connectivity index is 1.93. The van der Waals surface area contributed by atoms with Gasteiger partial charge in [-0.15, -0.1) is 0 Å². The first kappa shape index (κ1) is 19.5. The molecule has 26 heavy (non-hydrogen) atoms. The molecule has 0 radical (unpaired) electrons. The quantitative estimate of drug-likeness (QED) is 0.608. The summed E-state index contributed by atoms with van der Waals surface area (Å²) in [5, 5.41) is 9.36. The van der Waals surface area contributed by atoms with Crippen LogP contribution in [-0.4, -0.2) is 65.8 Å². The van der Waals surface area contributed by atoms with Crippen LogP contribution in [0.4, 0.5) is 4.79 Å². The van der Waals surface area contributed by atoms with Gasteiger partial charge in [-0.05, 0) is 5.56 Å². The topological polar surface area (TPSA) is 96.4 Å². The van der Waals surface area contributed by atoms with Crippen LogP contribution >= 0.6 is 0 Å². The summed E-state index contributed by atoms with van der Waals surface area (Å²) in [5.41, 5.74) is 0.879. The lowest BCUT2D eigenvalue weighted by Crippen LogP contribution is -2.43. The van der Waals surface area contributed by atoms with E-state index in [4.69, 9.17) is 9.47 Å². The summed E-state index contributed by atoms with van der Waals surface area (Å²) in [6.07, 6.45) is -1.33. The van der Waals surface area contributed by atoms with Crippen LogP contribution in [-0.2, 0) is 25.7 Å². The average Bonchev–Trinajstić information content (AvgIpc) is 2.86. The molecule has 0 bridgehead atoms. The van der Waals surface area contributed by atoms with Crippen molar-refractivity contribution >= 4 is 17.9 Å². The summed E-state index contributed by atoms with van der Waals surface area (Å²) in [6, 6.07) is 9.32. The summed E-state index contributed by atoms with van der Waals surface area (Å²) in [5.74, 6) is 0.630. The van der Waals surface area contributed by atoms with Crippen molar-refractivity contribution in [2.75, 3.05) is 26.7 Å². The third kappa shape index (κ3) is 5.34. The Kier molecular flexibility index (Phi) is 7.20. The number of carbonyl (C=O) groups is 2. The molecule has 1 aliphatic rings. The van der Waals surface area contributed by atoms with E-state index in [-0.39, 0.29) is 45.0 Å². The lowest BCUT2D eigenvalue weighted by Gasteiger charge is -2.29. The number of aliphatic hydroxyl groups is 1. The maximum atomic E-state index is 12.3. The lowest BCUT2D eigenvalue weighted by molar-refractivity contribution is -0.142. The van der Waals surface area contributed by atoms with Gasteiger partial charge in [-0.25, -0.2) is 9.59 Å². The van der Waals surface area contributed by atoms with Gasteiger partial charge in [-0.2, -0.15) is 0 Å². The Bertz CT molecular complexity index is 672. The van der Waals surface area contributed by atoms with Crippen molar-refractivity contribution in [3.8, 4) is 0 Å². The van der Waals surface area contributed by atoms with Crippen molar-refractivity contribution in [2.24, 2.45) is 0 Å². The monoisotopic (exact) mass is 362 g/mol. The van der Waals surface area contributed by atoms with Crippen molar-refractivity contribution in [1.29, 1.82) is 0 Å². The highest BCUT2D eigenvalue weighted by atomic mass is 16.6. The number of nitrogens with zero attached hydrogens (tertiary/aromatic N) is 2. The van der Waals surface area contributed by atoms with Crippen LogP contribution < -0.4 is 0 Å². The molecule has 1 atom stereocenters. The van der Waals surface area contributed by atoms with Gasteiger partial charge in [0, 0.05) is 33.2 Å². The first-order valence-electron chi connectivity index (χ1n) is 8.26. The molecule has 140 valence electrons.